The van der Waals surface area contributed by atoms with E-state index in [0.717, 1.165) is 18.5 Å². The summed E-state index contributed by atoms with van der Waals surface area (Å²) < 4.78 is 5.51. The van der Waals surface area contributed by atoms with Gasteiger partial charge in [-0.15, -0.1) is 0 Å². The van der Waals surface area contributed by atoms with Crippen molar-refractivity contribution < 1.29 is 9.53 Å². The number of carbonyl (C=O) groups excluding carboxylic acids is 1. The van der Waals surface area contributed by atoms with Crippen LogP contribution < -0.4 is 5.32 Å². The van der Waals surface area contributed by atoms with Gasteiger partial charge in [0.05, 0.1) is 30.3 Å². The number of benzene rings is 2. The number of hydrogen-bond acceptors (Lipinski definition) is 4. The largest absolute Gasteiger partial charge is 0.379 e. The van der Waals surface area contributed by atoms with Crippen molar-refractivity contribution in [1.82, 2.24) is 15.2 Å². The second-order valence-electron chi connectivity index (χ2n) is 7.32. The van der Waals surface area contributed by atoms with E-state index in [1.807, 2.05) is 18.2 Å². The van der Waals surface area contributed by atoms with E-state index in [1.165, 1.54) is 11.1 Å². The highest BCUT2D eigenvalue weighted by Crippen LogP contribution is 2.24. The minimum absolute atomic E-state index is 0.0844. The third kappa shape index (κ3) is 4.58. The molecule has 4 rings (SSSR count). The van der Waals surface area contributed by atoms with E-state index in [4.69, 9.17) is 16.3 Å². The number of hydrogen-bond donors (Lipinski definition) is 1. The van der Waals surface area contributed by atoms with Crippen molar-refractivity contribution in [2.75, 3.05) is 32.8 Å². The number of carbonyl (C=O) groups is 1. The molecule has 0 spiro atoms. The molecule has 1 N–H and O–H groups in total. The summed E-state index contributed by atoms with van der Waals surface area (Å²) in [4.78, 5) is 19.8. The molecule has 1 fully saturated rings. The fraction of sp³-hybridized carbons (Fsp3) is 0.304. The van der Waals surface area contributed by atoms with Gasteiger partial charge in [-0.2, -0.15) is 0 Å². The van der Waals surface area contributed by atoms with Crippen molar-refractivity contribution in [2.45, 2.75) is 13.0 Å². The Labute approximate surface area is 175 Å². The third-order valence-corrected chi connectivity index (χ3v) is 5.50. The van der Waals surface area contributed by atoms with E-state index in [2.05, 4.69) is 46.4 Å². The third-order valence-electron chi connectivity index (χ3n) is 5.28. The number of fused-ring (bicyclic) bond motifs is 1. The highest BCUT2D eigenvalue weighted by Gasteiger charge is 2.24. The molecule has 0 saturated carbocycles. The van der Waals surface area contributed by atoms with Gasteiger partial charge in [-0.3, -0.25) is 14.7 Å². The molecule has 1 amide bonds. The van der Waals surface area contributed by atoms with Crippen LogP contribution in [-0.2, 0) is 4.74 Å². The summed E-state index contributed by atoms with van der Waals surface area (Å²) in [5, 5.41) is 4.50. The molecule has 5 nitrogen and oxygen atoms in total. The fourth-order valence-corrected chi connectivity index (χ4v) is 4.06. The van der Waals surface area contributed by atoms with Crippen LogP contribution in [0, 0.1) is 6.92 Å². The molecule has 2 aromatic carbocycles. The Kier molecular flexibility index (Phi) is 6.09. The molecular formula is C23H24ClN3O2. The normalized spacial score (nSPS) is 15.9. The monoisotopic (exact) mass is 409 g/mol. The molecule has 3 aromatic rings. The highest BCUT2D eigenvalue weighted by atomic mass is 35.5. The van der Waals surface area contributed by atoms with Crippen LogP contribution in [0.3, 0.4) is 0 Å². The van der Waals surface area contributed by atoms with Crippen LogP contribution in [-0.4, -0.2) is 48.6 Å². The number of aromatic nitrogens is 1. The smallest absolute Gasteiger partial charge is 0.253 e. The first kappa shape index (κ1) is 19.8. The molecule has 1 aromatic heterocycles. The van der Waals surface area contributed by atoms with Crippen LogP contribution in [0.2, 0.25) is 5.02 Å². The molecule has 29 heavy (non-hydrogen) atoms. The van der Waals surface area contributed by atoms with E-state index < -0.39 is 0 Å². The van der Waals surface area contributed by atoms with Gasteiger partial charge in [0.1, 0.15) is 0 Å². The SMILES string of the molecule is Cc1cccc(C(CNC(=O)c2cc(Cl)cc3cccnc23)N2CCOCC2)c1. The first-order chi connectivity index (χ1) is 14.1. The molecule has 1 aliphatic heterocycles. The maximum Gasteiger partial charge on any atom is 0.253 e. The quantitative estimate of drug-likeness (QED) is 0.692. The van der Waals surface area contributed by atoms with Gasteiger partial charge >= 0.3 is 0 Å². The van der Waals surface area contributed by atoms with Crippen molar-refractivity contribution in [3.63, 3.8) is 0 Å². The zero-order valence-electron chi connectivity index (χ0n) is 16.4. The predicted molar refractivity (Wildman–Crippen MR) is 115 cm³/mol. The lowest BCUT2D eigenvalue weighted by Crippen LogP contribution is -2.43. The Morgan fingerprint density at radius 2 is 2.03 bits per heavy atom. The van der Waals surface area contributed by atoms with Crippen molar-refractivity contribution in [3.05, 3.63) is 76.4 Å². The molecule has 1 unspecified atom stereocenters. The predicted octanol–water partition coefficient (Wildman–Crippen LogP) is 4.00. The van der Waals surface area contributed by atoms with Crippen LogP contribution in [0.4, 0.5) is 0 Å². The van der Waals surface area contributed by atoms with Crippen molar-refractivity contribution in [1.29, 1.82) is 0 Å². The number of aryl methyl sites for hydroxylation is 1. The second kappa shape index (κ2) is 8.91. The molecule has 6 heteroatoms. The number of amides is 1. The second-order valence-corrected chi connectivity index (χ2v) is 7.75. The molecule has 1 saturated heterocycles. The van der Waals surface area contributed by atoms with Gasteiger partial charge in [0.25, 0.3) is 5.91 Å². The summed E-state index contributed by atoms with van der Waals surface area (Å²) >= 11 is 6.24. The Balaban J connectivity index is 1.58. The Bertz CT molecular complexity index is 1020. The molecular weight excluding hydrogens is 386 g/mol. The molecule has 2 heterocycles. The summed E-state index contributed by atoms with van der Waals surface area (Å²) in [6.07, 6.45) is 1.69. The van der Waals surface area contributed by atoms with Crippen LogP contribution >= 0.6 is 11.6 Å². The lowest BCUT2D eigenvalue weighted by Gasteiger charge is -2.35. The highest BCUT2D eigenvalue weighted by molar-refractivity contribution is 6.32. The van der Waals surface area contributed by atoms with Crippen molar-refractivity contribution in [2.24, 2.45) is 0 Å². The van der Waals surface area contributed by atoms with Gasteiger partial charge in [-0.25, -0.2) is 0 Å². The van der Waals surface area contributed by atoms with E-state index >= 15 is 0 Å². The molecule has 1 aliphatic rings. The van der Waals surface area contributed by atoms with Crippen LogP contribution in [0.15, 0.2) is 54.7 Å². The lowest BCUT2D eigenvalue weighted by molar-refractivity contribution is 0.0162. The molecule has 0 radical (unpaired) electrons. The number of nitrogens with one attached hydrogen (secondary N) is 1. The first-order valence-electron chi connectivity index (χ1n) is 9.82. The van der Waals surface area contributed by atoms with Crippen LogP contribution in [0.25, 0.3) is 10.9 Å². The fourth-order valence-electron chi connectivity index (χ4n) is 3.84. The van der Waals surface area contributed by atoms with E-state index in [-0.39, 0.29) is 11.9 Å². The topological polar surface area (TPSA) is 54.5 Å². The molecule has 150 valence electrons. The summed E-state index contributed by atoms with van der Waals surface area (Å²) in [6, 6.07) is 15.8. The van der Waals surface area contributed by atoms with E-state index in [0.29, 0.717) is 35.9 Å². The Morgan fingerprint density at radius 1 is 1.21 bits per heavy atom. The standard InChI is InChI=1S/C23H24ClN3O2/c1-16-4-2-5-17(12-16)21(27-8-10-29-11-9-27)15-26-23(28)20-14-19(24)13-18-6-3-7-25-22(18)20/h2-7,12-14,21H,8-11,15H2,1H3,(H,26,28). The van der Waals surface area contributed by atoms with Gasteiger partial charge < -0.3 is 10.1 Å². The van der Waals surface area contributed by atoms with E-state index in [1.54, 1.807) is 12.3 Å². The Hall–Kier alpha value is -2.47. The number of pyridine rings is 1. The molecule has 0 aliphatic carbocycles. The van der Waals surface area contributed by atoms with Gasteiger partial charge in [0.2, 0.25) is 0 Å². The zero-order valence-corrected chi connectivity index (χ0v) is 17.2. The summed E-state index contributed by atoms with van der Waals surface area (Å²) in [5.41, 5.74) is 3.56. The molecule has 1 atom stereocenters. The maximum atomic E-state index is 13.0. The number of nitrogens with zero attached hydrogens (tertiary/aromatic N) is 2. The van der Waals surface area contributed by atoms with Crippen molar-refractivity contribution >= 4 is 28.4 Å². The average molecular weight is 410 g/mol. The minimum Gasteiger partial charge on any atom is -0.379 e. The Morgan fingerprint density at radius 3 is 2.83 bits per heavy atom. The zero-order chi connectivity index (χ0) is 20.2. The summed E-state index contributed by atoms with van der Waals surface area (Å²) in [5.74, 6) is -0.165. The number of morpholine rings is 1. The van der Waals surface area contributed by atoms with Gasteiger partial charge in [-0.1, -0.05) is 47.5 Å². The van der Waals surface area contributed by atoms with E-state index in [9.17, 15) is 4.79 Å². The van der Waals surface area contributed by atoms with Crippen molar-refractivity contribution in [3.8, 4) is 0 Å². The summed E-state index contributed by atoms with van der Waals surface area (Å²) in [6.45, 7) is 5.69. The maximum absolute atomic E-state index is 13.0. The van der Waals surface area contributed by atoms with Gasteiger partial charge in [0, 0.05) is 36.2 Å². The summed E-state index contributed by atoms with van der Waals surface area (Å²) in [7, 11) is 0. The van der Waals surface area contributed by atoms with Gasteiger partial charge in [-0.05, 0) is 30.7 Å². The average Bonchev–Trinajstić information content (AvgIpc) is 2.74. The molecule has 0 bridgehead atoms. The van der Waals surface area contributed by atoms with Crippen LogP contribution in [0.5, 0.6) is 0 Å². The first-order valence-corrected chi connectivity index (χ1v) is 10.2. The van der Waals surface area contributed by atoms with Crippen LogP contribution in [0.1, 0.15) is 27.5 Å². The lowest BCUT2D eigenvalue weighted by atomic mass is 10.0. The number of ether oxygens (including phenoxy) is 1. The minimum atomic E-state index is -0.165. The van der Waals surface area contributed by atoms with Gasteiger partial charge in [0.15, 0.2) is 0 Å². The number of rotatable bonds is 5. The number of halogens is 1.